The van der Waals surface area contributed by atoms with Gasteiger partial charge in [0, 0.05) is 38.8 Å². The molecule has 0 atom stereocenters. The molecule has 7 heteroatoms. The lowest BCUT2D eigenvalue weighted by Gasteiger charge is -2.42. The van der Waals surface area contributed by atoms with E-state index in [0.717, 1.165) is 16.7 Å². The van der Waals surface area contributed by atoms with Crippen molar-refractivity contribution in [3.63, 3.8) is 0 Å². The molecule has 4 rings (SSSR count). The van der Waals surface area contributed by atoms with E-state index in [1.54, 1.807) is 26.8 Å². The predicted octanol–water partition coefficient (Wildman–Crippen LogP) is 2.54. The summed E-state index contributed by atoms with van der Waals surface area (Å²) in [5.41, 5.74) is 2.95. The highest BCUT2D eigenvalue weighted by Gasteiger charge is 2.37. The molecule has 2 aromatic carbocycles. The fourth-order valence-corrected chi connectivity index (χ4v) is 4.42. The molecule has 0 saturated carbocycles. The van der Waals surface area contributed by atoms with Crippen LogP contribution in [-0.2, 0) is 27.3 Å². The molecular weight excluding hydrogens is 409 g/mol. The Labute approximate surface area is 187 Å². The number of nitrogens with zero attached hydrogens (tertiary/aromatic N) is 3. The van der Waals surface area contributed by atoms with E-state index in [2.05, 4.69) is 0 Å². The lowest BCUT2D eigenvalue weighted by atomic mass is 10.0. The summed E-state index contributed by atoms with van der Waals surface area (Å²) < 4.78 is 13.1. The number of carbonyl (C=O) groups is 3. The van der Waals surface area contributed by atoms with Crippen LogP contribution in [0.4, 0.5) is 4.39 Å². The van der Waals surface area contributed by atoms with Gasteiger partial charge in [0.2, 0.25) is 5.91 Å². The first-order valence-electron chi connectivity index (χ1n) is 11.1. The average molecular weight is 438 g/mol. The number of aryl methyl sites for hydroxylation is 1. The van der Waals surface area contributed by atoms with E-state index >= 15 is 0 Å². The van der Waals surface area contributed by atoms with Gasteiger partial charge < -0.3 is 14.7 Å². The lowest BCUT2D eigenvalue weighted by molar-refractivity contribution is -0.159. The van der Waals surface area contributed by atoms with Crippen LogP contribution in [0.15, 0.2) is 48.5 Å². The van der Waals surface area contributed by atoms with Crippen LogP contribution in [0.25, 0.3) is 0 Å². The maximum absolute atomic E-state index is 13.1. The summed E-state index contributed by atoms with van der Waals surface area (Å²) in [7, 11) is 0. The molecule has 0 bridgehead atoms. The van der Waals surface area contributed by atoms with Crippen molar-refractivity contribution in [2.45, 2.75) is 38.8 Å². The zero-order chi connectivity index (χ0) is 22.7. The highest BCUT2D eigenvalue weighted by atomic mass is 19.1. The number of benzene rings is 2. The molecule has 0 radical (unpaired) electrons. The summed E-state index contributed by atoms with van der Waals surface area (Å²) in [4.78, 5) is 43.2. The Bertz CT molecular complexity index is 982. The molecule has 2 saturated heterocycles. The van der Waals surface area contributed by atoms with Gasteiger partial charge in [0.1, 0.15) is 5.82 Å². The van der Waals surface area contributed by atoms with Crippen molar-refractivity contribution in [2.75, 3.05) is 26.2 Å². The molecule has 2 heterocycles. The maximum Gasteiger partial charge on any atom is 0.312 e. The van der Waals surface area contributed by atoms with Crippen molar-refractivity contribution in [3.8, 4) is 0 Å². The molecule has 6 nitrogen and oxygen atoms in total. The van der Waals surface area contributed by atoms with Gasteiger partial charge in [-0.2, -0.15) is 0 Å². The van der Waals surface area contributed by atoms with E-state index < -0.39 is 11.8 Å². The van der Waals surface area contributed by atoms with Gasteiger partial charge in [0.25, 0.3) is 0 Å². The molecule has 2 aromatic rings. The van der Waals surface area contributed by atoms with Gasteiger partial charge in [-0.15, -0.1) is 0 Å². The second-order valence-corrected chi connectivity index (χ2v) is 8.63. The van der Waals surface area contributed by atoms with Gasteiger partial charge in [-0.3, -0.25) is 14.4 Å². The standard InChI is InChI=1S/C25H28FN3O3/c1-18-2-4-20(5-3-18)17-28-14-15-29(25(32)24(28)31)22-10-12-27(13-11-22)23(30)16-19-6-8-21(26)9-7-19/h2-9,22H,10-17H2,1H3. The molecule has 0 N–H and O–H groups in total. The first-order chi connectivity index (χ1) is 15.4. The van der Waals surface area contributed by atoms with E-state index in [1.165, 1.54) is 12.1 Å². The number of hydrogen-bond acceptors (Lipinski definition) is 3. The van der Waals surface area contributed by atoms with Crippen LogP contribution >= 0.6 is 0 Å². The molecule has 0 unspecified atom stereocenters. The summed E-state index contributed by atoms with van der Waals surface area (Å²) in [6.45, 7) is 4.59. The van der Waals surface area contributed by atoms with Crippen LogP contribution in [0.1, 0.15) is 29.5 Å². The van der Waals surface area contributed by atoms with Crippen molar-refractivity contribution < 1.29 is 18.8 Å². The third-order valence-corrected chi connectivity index (χ3v) is 6.36. The highest BCUT2D eigenvalue weighted by Crippen LogP contribution is 2.21. The van der Waals surface area contributed by atoms with Gasteiger partial charge in [0.15, 0.2) is 0 Å². The zero-order valence-electron chi connectivity index (χ0n) is 18.3. The molecule has 2 aliphatic rings. The Morgan fingerprint density at radius 3 is 2.16 bits per heavy atom. The van der Waals surface area contributed by atoms with Gasteiger partial charge in [0.05, 0.1) is 6.42 Å². The van der Waals surface area contributed by atoms with Crippen LogP contribution in [0.3, 0.4) is 0 Å². The van der Waals surface area contributed by atoms with Crippen LogP contribution in [0.5, 0.6) is 0 Å². The third kappa shape index (κ3) is 4.98. The number of piperidine rings is 1. The largest absolute Gasteiger partial charge is 0.342 e. The lowest BCUT2D eigenvalue weighted by Crippen LogP contribution is -2.59. The SMILES string of the molecule is Cc1ccc(CN2CCN(C3CCN(C(=O)Cc4ccc(F)cc4)CC3)C(=O)C2=O)cc1. The number of hydrogen-bond donors (Lipinski definition) is 0. The van der Waals surface area contributed by atoms with E-state index in [0.29, 0.717) is 45.6 Å². The molecule has 0 aromatic heterocycles. The Morgan fingerprint density at radius 2 is 1.50 bits per heavy atom. The van der Waals surface area contributed by atoms with E-state index in [-0.39, 0.29) is 24.2 Å². The average Bonchev–Trinajstić information content (AvgIpc) is 2.80. The van der Waals surface area contributed by atoms with Crippen LogP contribution in [0.2, 0.25) is 0 Å². The van der Waals surface area contributed by atoms with E-state index in [4.69, 9.17) is 0 Å². The van der Waals surface area contributed by atoms with Crippen molar-refractivity contribution in [3.05, 3.63) is 71.0 Å². The second-order valence-electron chi connectivity index (χ2n) is 8.63. The van der Waals surface area contributed by atoms with Crippen molar-refractivity contribution in [1.82, 2.24) is 14.7 Å². The maximum atomic E-state index is 13.1. The Hall–Kier alpha value is -3.22. The van der Waals surface area contributed by atoms with Gasteiger partial charge in [-0.1, -0.05) is 42.0 Å². The van der Waals surface area contributed by atoms with Crippen molar-refractivity contribution >= 4 is 17.7 Å². The number of carbonyl (C=O) groups excluding carboxylic acids is 3. The Kier molecular flexibility index (Phi) is 6.53. The zero-order valence-corrected chi connectivity index (χ0v) is 18.3. The van der Waals surface area contributed by atoms with Crippen molar-refractivity contribution in [1.29, 1.82) is 0 Å². The monoisotopic (exact) mass is 437 g/mol. The predicted molar refractivity (Wildman–Crippen MR) is 118 cm³/mol. The van der Waals surface area contributed by atoms with Crippen LogP contribution in [0, 0.1) is 12.7 Å². The van der Waals surface area contributed by atoms with Gasteiger partial charge in [-0.25, -0.2) is 4.39 Å². The summed E-state index contributed by atoms with van der Waals surface area (Å²) in [6.07, 6.45) is 1.55. The van der Waals surface area contributed by atoms with Crippen LogP contribution < -0.4 is 0 Å². The number of piperazine rings is 1. The smallest absolute Gasteiger partial charge is 0.312 e. The minimum atomic E-state index is -0.452. The Balaban J connectivity index is 1.28. The highest BCUT2D eigenvalue weighted by molar-refractivity contribution is 6.35. The topological polar surface area (TPSA) is 60.9 Å². The molecule has 168 valence electrons. The quantitative estimate of drug-likeness (QED) is 0.676. The fourth-order valence-electron chi connectivity index (χ4n) is 4.42. The molecule has 3 amide bonds. The molecule has 32 heavy (non-hydrogen) atoms. The normalized spacial score (nSPS) is 17.8. The summed E-state index contributed by atoms with van der Waals surface area (Å²) >= 11 is 0. The number of rotatable bonds is 5. The first-order valence-corrected chi connectivity index (χ1v) is 11.1. The second kappa shape index (κ2) is 9.51. The van der Waals surface area contributed by atoms with Crippen molar-refractivity contribution in [2.24, 2.45) is 0 Å². The minimum absolute atomic E-state index is 0.000350. The molecule has 2 fully saturated rings. The van der Waals surface area contributed by atoms with Crippen LogP contribution in [-0.4, -0.2) is 64.6 Å². The van der Waals surface area contributed by atoms with Gasteiger partial charge >= 0.3 is 11.8 Å². The molecule has 0 spiro atoms. The number of likely N-dealkylation sites (tertiary alicyclic amines) is 1. The first kappa shape index (κ1) is 22.0. The third-order valence-electron chi connectivity index (χ3n) is 6.36. The summed E-state index contributed by atoms with van der Waals surface area (Å²) in [5, 5.41) is 0. The molecular formula is C25H28FN3O3. The van der Waals surface area contributed by atoms with E-state index in [1.807, 2.05) is 31.2 Å². The number of amides is 3. The van der Waals surface area contributed by atoms with Gasteiger partial charge in [-0.05, 0) is 43.0 Å². The Morgan fingerprint density at radius 1 is 0.875 bits per heavy atom. The molecule has 0 aliphatic carbocycles. The van der Waals surface area contributed by atoms with E-state index in [9.17, 15) is 18.8 Å². The summed E-state index contributed by atoms with van der Waals surface area (Å²) in [6, 6.07) is 13.9. The molecule has 2 aliphatic heterocycles. The fraction of sp³-hybridized carbons (Fsp3) is 0.400. The minimum Gasteiger partial charge on any atom is -0.342 e. The summed E-state index contributed by atoms with van der Waals surface area (Å²) in [5.74, 6) is -1.22. The number of halogens is 1.